The Bertz CT molecular complexity index is 479. The standard InChI is InChI=1S/C13H20N2O5/c1-13(2,3)9(18-4)10-14-11(20-15-10)7-5-6-8(19-7)12(16)17/h7-9H,5-6H2,1-4H3,(H,16,17). The zero-order chi connectivity index (χ0) is 14.9. The highest BCUT2D eigenvalue weighted by atomic mass is 16.6. The summed E-state index contributed by atoms with van der Waals surface area (Å²) in [6.45, 7) is 6.05. The molecule has 0 saturated carbocycles. The Morgan fingerprint density at radius 3 is 2.65 bits per heavy atom. The maximum atomic E-state index is 10.9. The van der Waals surface area contributed by atoms with Gasteiger partial charge in [0.1, 0.15) is 12.2 Å². The molecule has 2 heterocycles. The first kappa shape index (κ1) is 14.9. The highest BCUT2D eigenvalue weighted by molar-refractivity contribution is 5.72. The Labute approximate surface area is 117 Å². The van der Waals surface area contributed by atoms with Crippen LogP contribution in [0.15, 0.2) is 4.52 Å². The fraction of sp³-hybridized carbons (Fsp3) is 0.769. The highest BCUT2D eigenvalue weighted by Crippen LogP contribution is 2.36. The normalized spacial score (nSPS) is 24.8. The van der Waals surface area contributed by atoms with Crippen LogP contribution in [0.5, 0.6) is 0 Å². The van der Waals surface area contributed by atoms with E-state index in [1.165, 1.54) is 0 Å². The first-order valence-corrected chi connectivity index (χ1v) is 6.57. The van der Waals surface area contributed by atoms with Gasteiger partial charge in [-0.1, -0.05) is 25.9 Å². The van der Waals surface area contributed by atoms with E-state index in [0.717, 1.165) is 0 Å². The molecule has 1 aliphatic heterocycles. The fourth-order valence-corrected chi connectivity index (χ4v) is 2.33. The number of rotatable bonds is 4. The molecule has 0 bridgehead atoms. The fourth-order valence-electron chi connectivity index (χ4n) is 2.33. The number of aliphatic carboxylic acids is 1. The number of carboxylic acid groups (broad SMARTS) is 1. The predicted molar refractivity (Wildman–Crippen MR) is 68.0 cm³/mol. The molecule has 0 radical (unpaired) electrons. The molecular formula is C13H20N2O5. The summed E-state index contributed by atoms with van der Waals surface area (Å²) in [5.74, 6) is -0.191. The minimum Gasteiger partial charge on any atom is -0.479 e. The van der Waals surface area contributed by atoms with Crippen LogP contribution in [-0.2, 0) is 14.3 Å². The van der Waals surface area contributed by atoms with Gasteiger partial charge in [0.05, 0.1) is 0 Å². The second-order valence-electron chi connectivity index (χ2n) is 6.00. The third-order valence-electron chi connectivity index (χ3n) is 3.28. The molecule has 1 aliphatic rings. The largest absolute Gasteiger partial charge is 0.479 e. The SMILES string of the molecule is COC(c1noc(C2CCC(C(=O)O)O2)n1)C(C)(C)C. The van der Waals surface area contributed by atoms with Crippen molar-refractivity contribution in [2.24, 2.45) is 5.41 Å². The molecule has 112 valence electrons. The maximum absolute atomic E-state index is 10.9. The summed E-state index contributed by atoms with van der Waals surface area (Å²) in [6.07, 6.45) is -0.529. The molecule has 1 N–H and O–H groups in total. The van der Waals surface area contributed by atoms with Gasteiger partial charge >= 0.3 is 5.97 Å². The molecule has 1 fully saturated rings. The minimum absolute atomic E-state index is 0.171. The molecule has 20 heavy (non-hydrogen) atoms. The number of carbonyl (C=O) groups is 1. The van der Waals surface area contributed by atoms with E-state index in [-0.39, 0.29) is 11.5 Å². The van der Waals surface area contributed by atoms with E-state index in [1.54, 1.807) is 7.11 Å². The van der Waals surface area contributed by atoms with Gasteiger partial charge in [0.2, 0.25) is 5.82 Å². The number of methoxy groups -OCH3 is 1. The molecular weight excluding hydrogens is 264 g/mol. The van der Waals surface area contributed by atoms with Crippen LogP contribution in [0.1, 0.15) is 57.5 Å². The average molecular weight is 284 g/mol. The van der Waals surface area contributed by atoms with Crippen molar-refractivity contribution in [3.8, 4) is 0 Å². The Morgan fingerprint density at radius 1 is 1.45 bits per heavy atom. The molecule has 0 aromatic carbocycles. The van der Waals surface area contributed by atoms with Crippen molar-refractivity contribution in [3.05, 3.63) is 11.7 Å². The molecule has 0 amide bonds. The second-order valence-corrected chi connectivity index (χ2v) is 6.00. The molecule has 2 rings (SSSR count). The summed E-state index contributed by atoms with van der Waals surface area (Å²) >= 11 is 0. The molecule has 1 saturated heterocycles. The Morgan fingerprint density at radius 2 is 2.15 bits per heavy atom. The summed E-state index contributed by atoms with van der Waals surface area (Å²) < 4.78 is 16.0. The van der Waals surface area contributed by atoms with Crippen LogP contribution >= 0.6 is 0 Å². The molecule has 1 aromatic rings. The van der Waals surface area contributed by atoms with E-state index in [2.05, 4.69) is 10.1 Å². The van der Waals surface area contributed by atoms with Gasteiger partial charge in [-0.2, -0.15) is 4.98 Å². The van der Waals surface area contributed by atoms with Gasteiger partial charge in [-0.05, 0) is 18.3 Å². The molecule has 3 atom stereocenters. The number of carboxylic acids is 1. The number of ether oxygens (including phenoxy) is 2. The summed E-state index contributed by atoms with van der Waals surface area (Å²) in [4.78, 5) is 15.2. The van der Waals surface area contributed by atoms with Crippen LogP contribution in [0.3, 0.4) is 0 Å². The van der Waals surface area contributed by atoms with Crippen LogP contribution in [0, 0.1) is 5.41 Å². The predicted octanol–water partition coefficient (Wildman–Crippen LogP) is 2.11. The van der Waals surface area contributed by atoms with E-state index >= 15 is 0 Å². The third-order valence-corrected chi connectivity index (χ3v) is 3.28. The first-order valence-electron chi connectivity index (χ1n) is 6.57. The lowest BCUT2D eigenvalue weighted by molar-refractivity contribution is -0.150. The summed E-state index contributed by atoms with van der Waals surface area (Å²) in [5.41, 5.74) is -0.171. The quantitative estimate of drug-likeness (QED) is 0.904. The van der Waals surface area contributed by atoms with Crippen molar-refractivity contribution < 1.29 is 23.9 Å². The van der Waals surface area contributed by atoms with Gasteiger partial charge in [0, 0.05) is 7.11 Å². The highest BCUT2D eigenvalue weighted by Gasteiger charge is 2.36. The summed E-state index contributed by atoms with van der Waals surface area (Å²) in [7, 11) is 1.60. The first-order chi connectivity index (χ1) is 9.32. The van der Waals surface area contributed by atoms with Crippen LogP contribution in [0.2, 0.25) is 0 Å². The lowest BCUT2D eigenvalue weighted by Crippen LogP contribution is -2.21. The van der Waals surface area contributed by atoms with Crippen LogP contribution in [-0.4, -0.2) is 34.4 Å². The van der Waals surface area contributed by atoms with E-state index in [0.29, 0.717) is 24.6 Å². The van der Waals surface area contributed by atoms with Crippen molar-refractivity contribution in [1.29, 1.82) is 0 Å². The van der Waals surface area contributed by atoms with Gasteiger partial charge in [0.25, 0.3) is 5.89 Å². The van der Waals surface area contributed by atoms with Crippen molar-refractivity contribution in [2.45, 2.75) is 51.9 Å². The van der Waals surface area contributed by atoms with Gasteiger partial charge in [-0.3, -0.25) is 0 Å². The molecule has 3 unspecified atom stereocenters. The number of nitrogens with zero attached hydrogens (tertiary/aromatic N) is 2. The van der Waals surface area contributed by atoms with E-state index in [4.69, 9.17) is 19.1 Å². The Hall–Kier alpha value is -1.47. The van der Waals surface area contributed by atoms with Crippen molar-refractivity contribution in [2.75, 3.05) is 7.11 Å². The minimum atomic E-state index is -0.961. The average Bonchev–Trinajstić information content (AvgIpc) is 2.94. The summed E-state index contributed by atoms with van der Waals surface area (Å²) in [6, 6.07) is 0. The zero-order valence-electron chi connectivity index (χ0n) is 12.1. The van der Waals surface area contributed by atoms with Crippen molar-refractivity contribution >= 4 is 5.97 Å². The Kier molecular flexibility index (Phi) is 4.10. The van der Waals surface area contributed by atoms with Crippen LogP contribution in [0.25, 0.3) is 0 Å². The third kappa shape index (κ3) is 2.99. The number of hydrogen-bond acceptors (Lipinski definition) is 6. The van der Waals surface area contributed by atoms with E-state index in [9.17, 15) is 4.79 Å². The van der Waals surface area contributed by atoms with Crippen molar-refractivity contribution in [1.82, 2.24) is 10.1 Å². The summed E-state index contributed by atoms with van der Waals surface area (Å²) in [5, 5.41) is 12.8. The van der Waals surface area contributed by atoms with Gasteiger partial charge in [-0.25, -0.2) is 4.79 Å². The maximum Gasteiger partial charge on any atom is 0.332 e. The zero-order valence-corrected chi connectivity index (χ0v) is 12.1. The Balaban J connectivity index is 2.12. The smallest absolute Gasteiger partial charge is 0.332 e. The lowest BCUT2D eigenvalue weighted by Gasteiger charge is -2.26. The molecule has 7 nitrogen and oxygen atoms in total. The molecule has 0 aliphatic carbocycles. The van der Waals surface area contributed by atoms with E-state index in [1.807, 2.05) is 20.8 Å². The van der Waals surface area contributed by atoms with Crippen molar-refractivity contribution in [3.63, 3.8) is 0 Å². The lowest BCUT2D eigenvalue weighted by atomic mass is 9.88. The van der Waals surface area contributed by atoms with Crippen LogP contribution < -0.4 is 0 Å². The van der Waals surface area contributed by atoms with Gasteiger partial charge in [-0.15, -0.1) is 0 Å². The monoisotopic (exact) mass is 284 g/mol. The number of aromatic nitrogens is 2. The van der Waals surface area contributed by atoms with Crippen LogP contribution in [0.4, 0.5) is 0 Å². The topological polar surface area (TPSA) is 94.7 Å². The number of hydrogen-bond donors (Lipinski definition) is 1. The molecule has 7 heteroatoms. The molecule has 1 aromatic heterocycles. The molecule has 0 spiro atoms. The second kappa shape index (κ2) is 5.49. The van der Waals surface area contributed by atoms with Gasteiger partial charge < -0.3 is 19.1 Å². The van der Waals surface area contributed by atoms with E-state index < -0.39 is 18.2 Å². The van der Waals surface area contributed by atoms with Gasteiger partial charge in [0.15, 0.2) is 6.10 Å².